The lowest BCUT2D eigenvalue weighted by atomic mass is 10.1. The molecule has 0 saturated carbocycles. The summed E-state index contributed by atoms with van der Waals surface area (Å²) >= 11 is -0.183. The molecule has 0 bridgehead atoms. The fourth-order valence-electron chi connectivity index (χ4n) is 2.87. The SMILES string of the molecule is O=C(Nc1ccc(SC(F)(F)F)cc1)c1cccnc1N1CCCCC1. The first-order valence-corrected chi connectivity index (χ1v) is 9.11. The van der Waals surface area contributed by atoms with E-state index >= 15 is 0 Å². The van der Waals surface area contributed by atoms with Crippen molar-refractivity contribution in [2.24, 2.45) is 0 Å². The Kier molecular flexibility index (Phi) is 5.70. The number of aromatic nitrogens is 1. The normalized spacial score (nSPS) is 15.0. The fourth-order valence-corrected chi connectivity index (χ4v) is 3.41. The van der Waals surface area contributed by atoms with Crippen LogP contribution in [0.2, 0.25) is 0 Å². The molecule has 1 amide bonds. The smallest absolute Gasteiger partial charge is 0.356 e. The van der Waals surface area contributed by atoms with E-state index in [4.69, 9.17) is 0 Å². The van der Waals surface area contributed by atoms with Gasteiger partial charge in [0.05, 0.1) is 5.56 Å². The number of carbonyl (C=O) groups is 1. The zero-order valence-corrected chi connectivity index (χ0v) is 14.7. The van der Waals surface area contributed by atoms with E-state index in [0.29, 0.717) is 17.1 Å². The molecular weight excluding hydrogens is 363 g/mol. The number of thioether (sulfide) groups is 1. The Morgan fingerprint density at radius 3 is 2.42 bits per heavy atom. The number of pyridine rings is 1. The van der Waals surface area contributed by atoms with Gasteiger partial charge in [-0.05, 0) is 67.4 Å². The van der Waals surface area contributed by atoms with E-state index in [1.807, 2.05) is 0 Å². The van der Waals surface area contributed by atoms with E-state index in [2.05, 4.69) is 15.2 Å². The molecule has 1 aliphatic heterocycles. The Hall–Kier alpha value is -2.22. The first-order chi connectivity index (χ1) is 12.4. The van der Waals surface area contributed by atoms with Gasteiger partial charge in [-0.3, -0.25) is 4.79 Å². The van der Waals surface area contributed by atoms with Crippen LogP contribution in [0.25, 0.3) is 0 Å². The third-order valence-corrected chi connectivity index (χ3v) is 4.77. The molecule has 1 fully saturated rings. The lowest BCUT2D eigenvalue weighted by molar-refractivity contribution is -0.0328. The summed E-state index contributed by atoms with van der Waals surface area (Å²) in [5, 5.41) is 2.73. The van der Waals surface area contributed by atoms with Crippen LogP contribution in [-0.4, -0.2) is 29.5 Å². The summed E-state index contributed by atoms with van der Waals surface area (Å²) in [5.41, 5.74) is -3.43. The zero-order chi connectivity index (χ0) is 18.6. The van der Waals surface area contributed by atoms with Crippen molar-refractivity contribution in [2.75, 3.05) is 23.3 Å². The highest BCUT2D eigenvalue weighted by Crippen LogP contribution is 2.37. The lowest BCUT2D eigenvalue weighted by Crippen LogP contribution is -2.32. The number of piperidine rings is 1. The molecule has 2 aromatic rings. The molecule has 26 heavy (non-hydrogen) atoms. The van der Waals surface area contributed by atoms with Crippen molar-refractivity contribution in [3.63, 3.8) is 0 Å². The fraction of sp³-hybridized carbons (Fsp3) is 0.333. The van der Waals surface area contributed by atoms with E-state index < -0.39 is 5.51 Å². The van der Waals surface area contributed by atoms with Gasteiger partial charge >= 0.3 is 5.51 Å². The first kappa shape index (κ1) is 18.6. The second-order valence-electron chi connectivity index (χ2n) is 5.95. The quantitative estimate of drug-likeness (QED) is 0.763. The van der Waals surface area contributed by atoms with Gasteiger partial charge in [0.25, 0.3) is 5.91 Å². The Morgan fingerprint density at radius 1 is 1.08 bits per heavy atom. The number of nitrogens with zero attached hydrogens (tertiary/aromatic N) is 2. The Labute approximate surface area is 153 Å². The number of hydrogen-bond acceptors (Lipinski definition) is 4. The number of amides is 1. The van der Waals surface area contributed by atoms with Gasteiger partial charge < -0.3 is 10.2 Å². The third kappa shape index (κ3) is 4.91. The Morgan fingerprint density at radius 2 is 1.77 bits per heavy atom. The van der Waals surface area contributed by atoms with Gasteiger partial charge in [-0.25, -0.2) is 4.98 Å². The molecule has 0 spiro atoms. The van der Waals surface area contributed by atoms with Crippen molar-refractivity contribution in [2.45, 2.75) is 29.7 Å². The van der Waals surface area contributed by atoms with Gasteiger partial charge in [-0.15, -0.1) is 0 Å². The van der Waals surface area contributed by atoms with Crippen molar-refractivity contribution in [1.82, 2.24) is 4.98 Å². The van der Waals surface area contributed by atoms with Crippen LogP contribution < -0.4 is 10.2 Å². The molecule has 3 rings (SSSR count). The van der Waals surface area contributed by atoms with E-state index in [1.165, 1.54) is 30.7 Å². The van der Waals surface area contributed by atoms with Gasteiger partial charge in [0, 0.05) is 29.9 Å². The van der Waals surface area contributed by atoms with Gasteiger partial charge in [0.1, 0.15) is 5.82 Å². The summed E-state index contributed by atoms with van der Waals surface area (Å²) in [4.78, 5) is 19.2. The van der Waals surface area contributed by atoms with Crippen molar-refractivity contribution < 1.29 is 18.0 Å². The number of benzene rings is 1. The van der Waals surface area contributed by atoms with Crippen molar-refractivity contribution in [1.29, 1.82) is 0 Å². The molecule has 0 unspecified atom stereocenters. The number of alkyl halides is 3. The zero-order valence-electron chi connectivity index (χ0n) is 13.9. The number of rotatable bonds is 4. The maximum absolute atomic E-state index is 12.6. The molecule has 4 nitrogen and oxygen atoms in total. The number of anilines is 2. The summed E-state index contributed by atoms with van der Waals surface area (Å²) in [6, 6.07) is 9.00. The number of halogens is 3. The summed E-state index contributed by atoms with van der Waals surface area (Å²) in [5.74, 6) is 0.323. The molecule has 1 aromatic heterocycles. The maximum atomic E-state index is 12.6. The highest BCUT2D eigenvalue weighted by molar-refractivity contribution is 8.00. The standard InChI is InChI=1S/C18H18F3N3OS/c19-18(20,21)26-14-8-6-13(7-9-14)23-17(25)15-5-4-10-22-16(15)24-11-2-1-3-12-24/h4-10H,1-3,11-12H2,(H,23,25). The second kappa shape index (κ2) is 7.99. The monoisotopic (exact) mass is 381 g/mol. The summed E-state index contributed by atoms with van der Waals surface area (Å²) in [6.45, 7) is 1.72. The van der Waals surface area contributed by atoms with Crippen LogP contribution in [0, 0.1) is 0 Å². The minimum atomic E-state index is -4.33. The van der Waals surface area contributed by atoms with Crippen LogP contribution in [0.1, 0.15) is 29.6 Å². The molecule has 0 radical (unpaired) electrons. The predicted octanol–water partition coefficient (Wildman–Crippen LogP) is 4.94. The number of nitrogens with one attached hydrogen (secondary N) is 1. The molecule has 1 N–H and O–H groups in total. The van der Waals surface area contributed by atoms with Gasteiger partial charge in [0.15, 0.2) is 0 Å². The van der Waals surface area contributed by atoms with Crippen LogP contribution in [0.5, 0.6) is 0 Å². The largest absolute Gasteiger partial charge is 0.446 e. The Bertz CT molecular complexity index is 759. The summed E-state index contributed by atoms with van der Waals surface area (Å²) in [6.07, 6.45) is 4.96. The molecule has 1 aromatic carbocycles. The maximum Gasteiger partial charge on any atom is 0.446 e. The van der Waals surface area contributed by atoms with Crippen LogP contribution >= 0.6 is 11.8 Å². The molecule has 1 aliphatic rings. The van der Waals surface area contributed by atoms with E-state index in [-0.39, 0.29) is 22.6 Å². The van der Waals surface area contributed by atoms with Crippen LogP contribution in [0.15, 0.2) is 47.5 Å². The van der Waals surface area contributed by atoms with Crippen molar-refractivity contribution in [3.05, 3.63) is 48.2 Å². The predicted molar refractivity (Wildman–Crippen MR) is 96.6 cm³/mol. The molecule has 8 heteroatoms. The average molecular weight is 381 g/mol. The highest BCUT2D eigenvalue weighted by atomic mass is 32.2. The van der Waals surface area contributed by atoms with E-state index in [9.17, 15) is 18.0 Å². The molecular formula is C18H18F3N3OS. The molecule has 0 aliphatic carbocycles. The molecule has 0 atom stereocenters. The molecule has 1 saturated heterocycles. The number of carbonyl (C=O) groups excluding carboxylic acids is 1. The molecule has 138 valence electrons. The topological polar surface area (TPSA) is 45.2 Å². The lowest BCUT2D eigenvalue weighted by Gasteiger charge is -2.29. The Balaban J connectivity index is 1.72. The number of hydrogen-bond donors (Lipinski definition) is 1. The van der Waals surface area contributed by atoms with Crippen molar-refractivity contribution >= 4 is 29.2 Å². The van der Waals surface area contributed by atoms with E-state index in [0.717, 1.165) is 25.9 Å². The minimum Gasteiger partial charge on any atom is -0.356 e. The minimum absolute atomic E-state index is 0.0749. The van der Waals surface area contributed by atoms with Gasteiger partial charge in [0.2, 0.25) is 0 Å². The first-order valence-electron chi connectivity index (χ1n) is 8.29. The van der Waals surface area contributed by atoms with Crippen LogP contribution in [0.3, 0.4) is 0 Å². The highest BCUT2D eigenvalue weighted by Gasteiger charge is 2.29. The average Bonchev–Trinajstić information content (AvgIpc) is 2.63. The third-order valence-electron chi connectivity index (χ3n) is 4.03. The second-order valence-corrected chi connectivity index (χ2v) is 7.09. The van der Waals surface area contributed by atoms with Crippen molar-refractivity contribution in [3.8, 4) is 0 Å². The van der Waals surface area contributed by atoms with E-state index in [1.54, 1.807) is 18.3 Å². The molecule has 2 heterocycles. The summed E-state index contributed by atoms with van der Waals surface area (Å²) < 4.78 is 37.1. The van der Waals surface area contributed by atoms with Gasteiger partial charge in [-0.1, -0.05) is 0 Å². The van der Waals surface area contributed by atoms with Crippen LogP contribution in [0.4, 0.5) is 24.7 Å². The van der Waals surface area contributed by atoms with Gasteiger partial charge in [-0.2, -0.15) is 13.2 Å². The summed E-state index contributed by atoms with van der Waals surface area (Å²) in [7, 11) is 0. The van der Waals surface area contributed by atoms with Crippen LogP contribution in [-0.2, 0) is 0 Å².